The molecule has 1 aromatic heterocycles. The molecule has 3 aromatic rings. The van der Waals surface area contributed by atoms with Crippen LogP contribution in [0.2, 0.25) is 5.02 Å². The molecule has 4 rings (SSSR count). The molecule has 0 radical (unpaired) electrons. The Labute approximate surface area is 191 Å². The van der Waals surface area contributed by atoms with Crippen LogP contribution in [0.25, 0.3) is 10.9 Å². The Hall–Kier alpha value is -2.72. The molecule has 1 N–H and O–H groups in total. The zero-order valence-electron chi connectivity index (χ0n) is 17.4. The van der Waals surface area contributed by atoms with Gasteiger partial charge in [0.25, 0.3) is 5.91 Å². The van der Waals surface area contributed by atoms with Crippen LogP contribution in [0.4, 0.5) is 0 Å². The first kappa shape index (κ1) is 22.5. The second-order valence-corrected chi connectivity index (χ2v) is 9.49. The largest absolute Gasteiger partial charge is 0.496 e. The number of nitrogens with one attached hydrogen (secondary N) is 1. The highest BCUT2D eigenvalue weighted by atomic mass is 35.5. The lowest BCUT2D eigenvalue weighted by Crippen LogP contribution is -2.40. The maximum atomic E-state index is 13.0. The number of rotatable bonds is 6. The van der Waals surface area contributed by atoms with Crippen LogP contribution in [0.5, 0.6) is 5.75 Å². The van der Waals surface area contributed by atoms with Crippen molar-refractivity contribution in [3.63, 3.8) is 0 Å². The lowest BCUT2D eigenvalue weighted by molar-refractivity contribution is 0.0730. The van der Waals surface area contributed by atoms with Crippen molar-refractivity contribution in [2.75, 3.05) is 33.4 Å². The molecule has 168 valence electrons. The molecule has 32 heavy (non-hydrogen) atoms. The fourth-order valence-electron chi connectivity index (χ4n) is 3.51. The Bertz CT molecular complexity index is 1260. The number of nitrogens with zero attached hydrogens (tertiary/aromatic N) is 2. The third-order valence-corrected chi connectivity index (χ3v) is 7.56. The topological polar surface area (TPSA) is 97.8 Å². The first-order chi connectivity index (χ1) is 15.4. The highest BCUT2D eigenvalue weighted by Crippen LogP contribution is 2.29. The van der Waals surface area contributed by atoms with E-state index in [4.69, 9.17) is 21.1 Å². The molecule has 1 aliphatic heterocycles. The first-order valence-corrected chi connectivity index (χ1v) is 11.8. The fourth-order valence-corrected chi connectivity index (χ4v) is 5.23. The van der Waals surface area contributed by atoms with Crippen molar-refractivity contribution < 1.29 is 22.7 Å². The number of morpholine rings is 1. The van der Waals surface area contributed by atoms with Gasteiger partial charge in [-0.2, -0.15) is 4.31 Å². The van der Waals surface area contributed by atoms with E-state index >= 15 is 0 Å². The number of fused-ring (bicyclic) bond motifs is 1. The average molecular weight is 476 g/mol. The van der Waals surface area contributed by atoms with Gasteiger partial charge in [0.05, 0.1) is 41.3 Å². The van der Waals surface area contributed by atoms with Gasteiger partial charge in [-0.05, 0) is 24.3 Å². The van der Waals surface area contributed by atoms with Crippen LogP contribution >= 0.6 is 11.6 Å². The van der Waals surface area contributed by atoms with Crippen LogP contribution in [0, 0.1) is 0 Å². The molecule has 8 nitrogen and oxygen atoms in total. The molecule has 1 aliphatic rings. The molecule has 0 spiro atoms. The van der Waals surface area contributed by atoms with Gasteiger partial charge in [-0.15, -0.1) is 0 Å². The minimum Gasteiger partial charge on any atom is -0.496 e. The predicted octanol–water partition coefficient (Wildman–Crippen LogP) is 2.85. The normalized spacial score (nSPS) is 14.9. The summed E-state index contributed by atoms with van der Waals surface area (Å²) in [6.07, 6.45) is 1.39. The molecular weight excluding hydrogens is 454 g/mol. The van der Waals surface area contributed by atoms with E-state index < -0.39 is 15.9 Å². The summed E-state index contributed by atoms with van der Waals surface area (Å²) in [7, 11) is -2.14. The summed E-state index contributed by atoms with van der Waals surface area (Å²) in [6, 6.07) is 11.9. The van der Waals surface area contributed by atoms with Crippen LogP contribution in [-0.2, 0) is 21.3 Å². The molecule has 0 atom stereocenters. The molecule has 2 aromatic carbocycles. The highest BCUT2D eigenvalue weighted by Gasteiger charge is 2.27. The van der Waals surface area contributed by atoms with Crippen molar-refractivity contribution in [2.45, 2.75) is 11.4 Å². The van der Waals surface area contributed by atoms with Gasteiger partial charge in [0.15, 0.2) is 0 Å². The van der Waals surface area contributed by atoms with Crippen molar-refractivity contribution >= 4 is 38.4 Å². The first-order valence-electron chi connectivity index (χ1n) is 9.98. The number of aromatic nitrogens is 1. The van der Waals surface area contributed by atoms with Gasteiger partial charge in [-0.25, -0.2) is 8.42 Å². The lowest BCUT2D eigenvalue weighted by atomic mass is 10.1. The third-order valence-electron chi connectivity index (χ3n) is 5.26. The number of benzene rings is 2. The van der Waals surface area contributed by atoms with E-state index in [0.717, 1.165) is 5.56 Å². The van der Waals surface area contributed by atoms with E-state index in [1.54, 1.807) is 13.2 Å². The standard InChI is InChI=1S/C22H22ClN3O5S/c1-30-20-5-3-2-4-15(20)13-25-22(27)18-14-24-19-7-6-16(12-17(19)21(18)23)32(28,29)26-8-10-31-11-9-26/h2-7,12,14H,8-11,13H2,1H3,(H,25,27). The lowest BCUT2D eigenvalue weighted by Gasteiger charge is -2.26. The highest BCUT2D eigenvalue weighted by molar-refractivity contribution is 7.89. The summed E-state index contributed by atoms with van der Waals surface area (Å²) in [6.45, 7) is 1.52. The van der Waals surface area contributed by atoms with Crippen LogP contribution < -0.4 is 10.1 Å². The smallest absolute Gasteiger partial charge is 0.254 e. The number of methoxy groups -OCH3 is 1. The SMILES string of the molecule is COc1ccccc1CNC(=O)c1cnc2ccc(S(=O)(=O)N3CCOCC3)cc2c1Cl. The van der Waals surface area contributed by atoms with Crippen LogP contribution in [0.15, 0.2) is 53.6 Å². The molecule has 0 aliphatic carbocycles. The van der Waals surface area contributed by atoms with E-state index in [0.29, 0.717) is 29.9 Å². The second-order valence-electron chi connectivity index (χ2n) is 7.18. The van der Waals surface area contributed by atoms with Gasteiger partial charge >= 0.3 is 0 Å². The van der Waals surface area contributed by atoms with E-state index in [2.05, 4.69) is 10.3 Å². The molecule has 1 saturated heterocycles. The van der Waals surface area contributed by atoms with Crippen molar-refractivity contribution in [1.82, 2.24) is 14.6 Å². The predicted molar refractivity (Wildman–Crippen MR) is 120 cm³/mol. The molecule has 0 saturated carbocycles. The number of pyridine rings is 1. The second kappa shape index (κ2) is 9.41. The number of carbonyl (C=O) groups excluding carboxylic acids is 1. The Kier molecular flexibility index (Phi) is 6.61. The van der Waals surface area contributed by atoms with Crippen molar-refractivity contribution in [3.05, 3.63) is 64.8 Å². The number of halogens is 1. The minimum absolute atomic E-state index is 0.0992. The Morgan fingerprint density at radius 3 is 2.72 bits per heavy atom. The number of carbonyl (C=O) groups is 1. The number of ether oxygens (including phenoxy) is 2. The quantitative estimate of drug-likeness (QED) is 0.588. The van der Waals surface area contributed by atoms with Crippen LogP contribution in [-0.4, -0.2) is 57.0 Å². The average Bonchev–Trinajstić information content (AvgIpc) is 2.83. The summed E-state index contributed by atoms with van der Waals surface area (Å²) in [5, 5.41) is 3.35. The number of amides is 1. The van der Waals surface area contributed by atoms with E-state index in [9.17, 15) is 13.2 Å². The zero-order valence-corrected chi connectivity index (χ0v) is 18.9. The van der Waals surface area contributed by atoms with Gasteiger partial charge in [0.1, 0.15) is 5.75 Å². The van der Waals surface area contributed by atoms with E-state index in [1.165, 1.54) is 22.6 Å². The van der Waals surface area contributed by atoms with Crippen LogP contribution in [0.1, 0.15) is 15.9 Å². The van der Waals surface area contributed by atoms with Crippen molar-refractivity contribution in [1.29, 1.82) is 0 Å². The summed E-state index contributed by atoms with van der Waals surface area (Å²) >= 11 is 6.53. The maximum Gasteiger partial charge on any atom is 0.254 e. The van der Waals surface area contributed by atoms with Gasteiger partial charge in [-0.3, -0.25) is 9.78 Å². The van der Waals surface area contributed by atoms with E-state index in [-0.39, 0.29) is 35.1 Å². The summed E-state index contributed by atoms with van der Waals surface area (Å²) in [4.78, 5) is 17.2. The Morgan fingerprint density at radius 2 is 1.97 bits per heavy atom. The van der Waals surface area contributed by atoms with Gasteiger partial charge in [-0.1, -0.05) is 29.8 Å². The number of para-hydroxylation sites is 1. The molecular formula is C22H22ClN3O5S. The van der Waals surface area contributed by atoms with Crippen LogP contribution in [0.3, 0.4) is 0 Å². The zero-order chi connectivity index (χ0) is 22.7. The summed E-state index contributed by atoms with van der Waals surface area (Å²) in [5.41, 5.74) is 1.47. The Balaban J connectivity index is 1.62. The Morgan fingerprint density at radius 1 is 1.22 bits per heavy atom. The van der Waals surface area contributed by atoms with Gasteiger partial charge < -0.3 is 14.8 Å². The number of hydrogen-bond donors (Lipinski definition) is 1. The third kappa shape index (κ3) is 4.42. The number of hydrogen-bond acceptors (Lipinski definition) is 6. The molecule has 1 fully saturated rings. The summed E-state index contributed by atoms with van der Waals surface area (Å²) in [5.74, 6) is 0.241. The van der Waals surface area contributed by atoms with Crippen molar-refractivity contribution in [3.8, 4) is 5.75 Å². The molecule has 2 heterocycles. The van der Waals surface area contributed by atoms with E-state index in [1.807, 2.05) is 24.3 Å². The van der Waals surface area contributed by atoms with Gasteiger partial charge in [0.2, 0.25) is 10.0 Å². The molecule has 0 bridgehead atoms. The monoisotopic (exact) mass is 475 g/mol. The minimum atomic E-state index is -3.70. The molecule has 0 unspecified atom stereocenters. The van der Waals surface area contributed by atoms with Gasteiger partial charge in [0, 0.05) is 36.8 Å². The maximum absolute atomic E-state index is 13.0. The van der Waals surface area contributed by atoms with Crippen molar-refractivity contribution in [2.24, 2.45) is 0 Å². The fraction of sp³-hybridized carbons (Fsp3) is 0.273. The summed E-state index contributed by atoms with van der Waals surface area (Å²) < 4.78 is 37.9. The number of sulfonamides is 1. The molecule has 1 amide bonds. The molecule has 10 heteroatoms.